The summed E-state index contributed by atoms with van der Waals surface area (Å²) in [6.07, 6.45) is 0. The van der Waals surface area contributed by atoms with Gasteiger partial charge in [-0.25, -0.2) is 0 Å². The molecule has 0 bridgehead atoms. The fraction of sp³-hybridized carbons (Fsp3) is 0. The van der Waals surface area contributed by atoms with Gasteiger partial charge in [-0.15, -0.1) is 0 Å². The minimum Gasteiger partial charge on any atom is -0.507 e. The number of nitrogens with two attached hydrogens (primary N) is 3. The van der Waals surface area contributed by atoms with Crippen molar-refractivity contribution in [2.24, 2.45) is 0 Å². The summed E-state index contributed by atoms with van der Waals surface area (Å²) in [4.78, 5) is 0. The van der Waals surface area contributed by atoms with Crippen LogP contribution in [0.3, 0.4) is 0 Å². The molecule has 2 rings (SSSR count). The Labute approximate surface area is 80.9 Å². The third-order valence-corrected chi connectivity index (χ3v) is 2.12. The lowest BCUT2D eigenvalue weighted by molar-refractivity contribution is 0.482. The number of fused-ring (bicyclic) bond motifs is 1. The van der Waals surface area contributed by atoms with Crippen molar-refractivity contribution in [3.05, 3.63) is 24.3 Å². The molecule has 14 heavy (non-hydrogen) atoms. The maximum absolute atomic E-state index is 9.61. The summed E-state index contributed by atoms with van der Waals surface area (Å²) >= 11 is 0. The molecule has 0 heterocycles. The zero-order valence-corrected chi connectivity index (χ0v) is 7.49. The molecule has 0 aliphatic rings. The number of benzene rings is 2. The van der Waals surface area contributed by atoms with Crippen LogP contribution in [0.15, 0.2) is 24.3 Å². The van der Waals surface area contributed by atoms with Gasteiger partial charge in [0.2, 0.25) is 0 Å². The summed E-state index contributed by atoms with van der Waals surface area (Å²) < 4.78 is 0. The summed E-state index contributed by atoms with van der Waals surface area (Å²) in [6, 6.07) is 6.49. The number of aromatic hydroxyl groups is 1. The number of phenols is 1. The van der Waals surface area contributed by atoms with E-state index in [0.717, 1.165) is 5.39 Å². The van der Waals surface area contributed by atoms with Crippen LogP contribution in [0.25, 0.3) is 10.8 Å². The van der Waals surface area contributed by atoms with Crippen molar-refractivity contribution >= 4 is 27.8 Å². The maximum Gasteiger partial charge on any atom is 0.125 e. The van der Waals surface area contributed by atoms with Crippen molar-refractivity contribution in [1.82, 2.24) is 0 Å². The molecule has 0 fully saturated rings. The standard InChI is InChI=1S/C10H11N3O/c11-5-2-8-7(9(13)3-5)1-6(12)4-10(8)14/h1-4,14H,11-13H2. The van der Waals surface area contributed by atoms with E-state index in [-0.39, 0.29) is 5.75 Å². The van der Waals surface area contributed by atoms with Crippen LogP contribution in [0, 0.1) is 0 Å². The SMILES string of the molecule is Nc1cc(O)c2cc(N)cc(N)c2c1. The Balaban J connectivity index is 2.94. The molecule has 0 saturated carbocycles. The molecule has 0 radical (unpaired) electrons. The van der Waals surface area contributed by atoms with Gasteiger partial charge in [0, 0.05) is 33.9 Å². The van der Waals surface area contributed by atoms with Gasteiger partial charge in [-0.05, 0) is 18.2 Å². The van der Waals surface area contributed by atoms with Gasteiger partial charge in [-0.1, -0.05) is 0 Å². The molecular weight excluding hydrogens is 178 g/mol. The largest absolute Gasteiger partial charge is 0.507 e. The van der Waals surface area contributed by atoms with Gasteiger partial charge in [0.1, 0.15) is 5.75 Å². The molecule has 0 unspecified atom stereocenters. The van der Waals surface area contributed by atoms with Crippen LogP contribution < -0.4 is 17.2 Å². The second kappa shape index (κ2) is 2.70. The Morgan fingerprint density at radius 1 is 0.786 bits per heavy atom. The molecule has 72 valence electrons. The van der Waals surface area contributed by atoms with E-state index in [0.29, 0.717) is 22.4 Å². The summed E-state index contributed by atoms with van der Waals surface area (Å²) in [5.41, 5.74) is 18.5. The number of hydrogen-bond acceptors (Lipinski definition) is 4. The van der Waals surface area contributed by atoms with E-state index >= 15 is 0 Å². The molecule has 2 aromatic rings. The van der Waals surface area contributed by atoms with Crippen LogP contribution in [0.5, 0.6) is 5.75 Å². The molecule has 0 aromatic heterocycles. The van der Waals surface area contributed by atoms with Crippen molar-refractivity contribution in [3.8, 4) is 5.75 Å². The monoisotopic (exact) mass is 189 g/mol. The molecule has 0 atom stereocenters. The van der Waals surface area contributed by atoms with Gasteiger partial charge in [0.15, 0.2) is 0 Å². The number of phenolic OH excluding ortho intramolecular Hbond substituents is 1. The maximum atomic E-state index is 9.61. The van der Waals surface area contributed by atoms with Crippen LogP contribution in [0.2, 0.25) is 0 Å². The van der Waals surface area contributed by atoms with Crippen molar-refractivity contribution < 1.29 is 5.11 Å². The molecule has 7 N–H and O–H groups in total. The zero-order chi connectivity index (χ0) is 10.3. The van der Waals surface area contributed by atoms with E-state index in [1.807, 2.05) is 0 Å². The molecule has 0 aliphatic carbocycles. The van der Waals surface area contributed by atoms with Crippen LogP contribution in [0.4, 0.5) is 17.1 Å². The lowest BCUT2D eigenvalue weighted by Gasteiger charge is -2.07. The Morgan fingerprint density at radius 2 is 1.36 bits per heavy atom. The smallest absolute Gasteiger partial charge is 0.125 e. The third-order valence-electron chi connectivity index (χ3n) is 2.12. The first-order valence-corrected chi connectivity index (χ1v) is 4.15. The molecule has 4 heteroatoms. The van der Waals surface area contributed by atoms with E-state index in [4.69, 9.17) is 17.2 Å². The van der Waals surface area contributed by atoms with E-state index in [9.17, 15) is 5.11 Å². The van der Waals surface area contributed by atoms with Gasteiger partial charge >= 0.3 is 0 Å². The van der Waals surface area contributed by atoms with Gasteiger partial charge in [-0.2, -0.15) is 0 Å². The third kappa shape index (κ3) is 1.17. The highest BCUT2D eigenvalue weighted by atomic mass is 16.3. The first-order chi connectivity index (χ1) is 6.58. The van der Waals surface area contributed by atoms with Crippen LogP contribution in [-0.2, 0) is 0 Å². The number of hydrogen-bond donors (Lipinski definition) is 4. The summed E-state index contributed by atoms with van der Waals surface area (Å²) in [7, 11) is 0. The highest BCUT2D eigenvalue weighted by Gasteiger charge is 2.05. The molecule has 0 spiro atoms. The average Bonchev–Trinajstić information content (AvgIpc) is 2.07. The fourth-order valence-corrected chi connectivity index (χ4v) is 1.52. The normalized spacial score (nSPS) is 10.6. The van der Waals surface area contributed by atoms with E-state index in [2.05, 4.69) is 0 Å². The molecule has 0 amide bonds. The Morgan fingerprint density at radius 3 is 2.07 bits per heavy atom. The first kappa shape index (κ1) is 8.50. The molecule has 2 aromatic carbocycles. The molecular formula is C10H11N3O. The topological polar surface area (TPSA) is 98.3 Å². The van der Waals surface area contributed by atoms with Gasteiger partial charge in [0.25, 0.3) is 0 Å². The van der Waals surface area contributed by atoms with E-state index in [1.165, 1.54) is 6.07 Å². The van der Waals surface area contributed by atoms with Crippen molar-refractivity contribution in [3.63, 3.8) is 0 Å². The van der Waals surface area contributed by atoms with Crippen molar-refractivity contribution in [1.29, 1.82) is 0 Å². The second-order valence-electron chi connectivity index (χ2n) is 3.25. The van der Waals surface area contributed by atoms with Crippen LogP contribution in [0.1, 0.15) is 0 Å². The number of anilines is 3. The van der Waals surface area contributed by atoms with Crippen molar-refractivity contribution in [2.75, 3.05) is 17.2 Å². The quantitative estimate of drug-likeness (QED) is 0.469. The Hall–Kier alpha value is -2.10. The minimum atomic E-state index is 0.0963. The fourth-order valence-electron chi connectivity index (χ4n) is 1.52. The highest BCUT2D eigenvalue weighted by Crippen LogP contribution is 2.33. The van der Waals surface area contributed by atoms with E-state index in [1.54, 1.807) is 18.2 Å². The van der Waals surface area contributed by atoms with Crippen LogP contribution >= 0.6 is 0 Å². The van der Waals surface area contributed by atoms with Crippen molar-refractivity contribution in [2.45, 2.75) is 0 Å². The highest BCUT2D eigenvalue weighted by molar-refractivity contribution is 6.00. The van der Waals surface area contributed by atoms with Crippen LogP contribution in [-0.4, -0.2) is 5.11 Å². The lowest BCUT2D eigenvalue weighted by atomic mass is 10.1. The van der Waals surface area contributed by atoms with Gasteiger partial charge in [-0.3, -0.25) is 0 Å². The molecule has 0 saturated heterocycles. The summed E-state index contributed by atoms with van der Waals surface area (Å²) in [6.45, 7) is 0. The zero-order valence-electron chi connectivity index (χ0n) is 7.49. The molecule has 4 nitrogen and oxygen atoms in total. The lowest BCUT2D eigenvalue weighted by Crippen LogP contribution is -1.93. The van der Waals surface area contributed by atoms with Gasteiger partial charge < -0.3 is 22.3 Å². The Bertz CT molecular complexity index is 461. The summed E-state index contributed by atoms with van der Waals surface area (Å²) in [5, 5.41) is 11.0. The Kier molecular flexibility index (Phi) is 1.64. The average molecular weight is 189 g/mol. The summed E-state index contributed by atoms with van der Waals surface area (Å²) in [5.74, 6) is 0.0963. The predicted octanol–water partition coefficient (Wildman–Crippen LogP) is 1.29. The number of nitrogen functional groups attached to an aromatic ring is 3. The second-order valence-corrected chi connectivity index (χ2v) is 3.25. The predicted molar refractivity (Wildman–Crippen MR) is 58.9 cm³/mol. The minimum absolute atomic E-state index is 0.0963. The first-order valence-electron chi connectivity index (χ1n) is 4.15. The van der Waals surface area contributed by atoms with E-state index < -0.39 is 0 Å². The number of rotatable bonds is 0. The van der Waals surface area contributed by atoms with Gasteiger partial charge in [0.05, 0.1) is 0 Å². The molecule has 0 aliphatic heterocycles.